The van der Waals surface area contributed by atoms with E-state index in [0.717, 1.165) is 18.2 Å². The summed E-state index contributed by atoms with van der Waals surface area (Å²) >= 11 is 7.61. The fourth-order valence-electron chi connectivity index (χ4n) is 5.36. The molecule has 0 bridgehead atoms. The third-order valence-corrected chi connectivity index (χ3v) is 8.69. The van der Waals surface area contributed by atoms with Gasteiger partial charge in [-0.1, -0.05) is 11.6 Å². The number of nitrogens with zero attached hydrogens (tertiary/aromatic N) is 5. The molecule has 13 heteroatoms. The van der Waals surface area contributed by atoms with E-state index in [4.69, 9.17) is 16.3 Å². The lowest BCUT2D eigenvalue weighted by atomic mass is 10.0. The van der Waals surface area contributed by atoms with Gasteiger partial charge in [0, 0.05) is 32.8 Å². The highest BCUT2D eigenvalue weighted by molar-refractivity contribution is 7.18. The number of nitriles is 1. The summed E-state index contributed by atoms with van der Waals surface area (Å²) in [6.45, 7) is 5.00. The van der Waals surface area contributed by atoms with Crippen LogP contribution in [0.1, 0.15) is 33.1 Å². The Balaban J connectivity index is 1.40. The predicted octanol–water partition coefficient (Wildman–Crippen LogP) is 7.24. The minimum Gasteiger partial charge on any atom is -0.491 e. The van der Waals surface area contributed by atoms with Crippen LogP contribution < -0.4 is 10.3 Å². The first kappa shape index (κ1) is 30.8. The fourth-order valence-corrected chi connectivity index (χ4v) is 6.55. The molecule has 0 saturated heterocycles. The number of benzene rings is 2. The van der Waals surface area contributed by atoms with Crippen LogP contribution in [0.5, 0.6) is 5.75 Å². The van der Waals surface area contributed by atoms with Crippen molar-refractivity contribution in [1.82, 2.24) is 19.5 Å². The van der Waals surface area contributed by atoms with Crippen molar-refractivity contribution in [2.75, 3.05) is 6.61 Å². The van der Waals surface area contributed by atoms with Crippen LogP contribution in [0.3, 0.4) is 0 Å². The number of aryl methyl sites for hydroxylation is 3. The molecular formula is C33H22ClF2N5O4S. The van der Waals surface area contributed by atoms with Gasteiger partial charge in [0.2, 0.25) is 0 Å². The lowest BCUT2D eigenvalue weighted by molar-refractivity contribution is 0.0699. The third-order valence-electron chi connectivity index (χ3n) is 7.45. The molecule has 0 atom stereocenters. The molecule has 230 valence electrons. The summed E-state index contributed by atoms with van der Waals surface area (Å²) < 4.78 is 36.9. The van der Waals surface area contributed by atoms with E-state index in [9.17, 15) is 28.7 Å². The van der Waals surface area contributed by atoms with Crippen molar-refractivity contribution in [3.05, 3.63) is 103 Å². The van der Waals surface area contributed by atoms with Crippen LogP contribution in [0.25, 0.3) is 43.5 Å². The Bertz CT molecular complexity index is 2350. The monoisotopic (exact) mass is 657 g/mol. The number of carbonyl (C=O) groups is 1. The van der Waals surface area contributed by atoms with Gasteiger partial charge in [-0.05, 0) is 63.2 Å². The van der Waals surface area contributed by atoms with Crippen molar-refractivity contribution in [2.45, 2.75) is 27.3 Å². The lowest BCUT2D eigenvalue weighted by Gasteiger charge is -2.16. The standard InChI is InChI=1S/C33H22ClF2N5O4S/c1-15-10-21(31-30(38-15)24(14-46-31)33(43)44)20-11-18(34)4-7-26(20)45-9-8-41-17(3)40-28-16(2)39-29(23(13-37)27(28)32(41)42)22-12-19(35)5-6-25(22)36/h4-7,10-12,14H,8-9H2,1-3H3,(H,43,44). The zero-order valence-electron chi connectivity index (χ0n) is 24.5. The summed E-state index contributed by atoms with van der Waals surface area (Å²) in [6.07, 6.45) is 0. The summed E-state index contributed by atoms with van der Waals surface area (Å²) in [7, 11) is 0. The Hall–Kier alpha value is -5.25. The normalized spacial score (nSPS) is 11.2. The van der Waals surface area contributed by atoms with Crippen LogP contribution in [0.4, 0.5) is 8.78 Å². The molecule has 0 radical (unpaired) electrons. The molecule has 2 aromatic carbocycles. The topological polar surface area (TPSA) is 131 Å². The average Bonchev–Trinajstić information content (AvgIpc) is 3.44. The molecule has 0 unspecified atom stereocenters. The van der Waals surface area contributed by atoms with E-state index in [1.807, 2.05) is 12.1 Å². The second-order valence-electron chi connectivity index (χ2n) is 10.4. The molecule has 4 heterocycles. The molecule has 9 nitrogen and oxygen atoms in total. The summed E-state index contributed by atoms with van der Waals surface area (Å²) in [6, 6.07) is 11.6. The smallest absolute Gasteiger partial charge is 0.338 e. The quantitative estimate of drug-likeness (QED) is 0.190. The molecule has 0 aliphatic carbocycles. The number of carboxylic acid groups (broad SMARTS) is 1. The van der Waals surface area contributed by atoms with Gasteiger partial charge in [-0.25, -0.2) is 23.5 Å². The Morgan fingerprint density at radius 3 is 2.57 bits per heavy atom. The van der Waals surface area contributed by atoms with Crippen molar-refractivity contribution in [3.8, 4) is 34.2 Å². The third kappa shape index (κ3) is 5.33. The molecular weight excluding hydrogens is 636 g/mol. The average molecular weight is 658 g/mol. The largest absolute Gasteiger partial charge is 0.491 e. The molecule has 0 fully saturated rings. The molecule has 0 amide bonds. The van der Waals surface area contributed by atoms with E-state index in [2.05, 4.69) is 15.0 Å². The van der Waals surface area contributed by atoms with Crippen LogP contribution in [0.15, 0.2) is 52.6 Å². The SMILES string of the molecule is Cc1cc(-c2cc(Cl)ccc2OCCn2c(C)nc3c(C)nc(-c4cc(F)ccc4F)c(C#N)c3c2=O)c2scc(C(=O)O)c2n1. The van der Waals surface area contributed by atoms with E-state index in [-0.39, 0.29) is 52.1 Å². The van der Waals surface area contributed by atoms with Crippen LogP contribution in [0, 0.1) is 43.7 Å². The fraction of sp³-hybridized carbons (Fsp3) is 0.152. The van der Waals surface area contributed by atoms with Crippen molar-refractivity contribution in [3.63, 3.8) is 0 Å². The highest BCUT2D eigenvalue weighted by Gasteiger charge is 2.23. The first-order chi connectivity index (χ1) is 22.0. The molecule has 6 rings (SSSR count). The van der Waals surface area contributed by atoms with E-state index < -0.39 is 23.2 Å². The predicted molar refractivity (Wildman–Crippen MR) is 171 cm³/mol. The number of carboxylic acids is 1. The zero-order valence-corrected chi connectivity index (χ0v) is 26.1. The maximum absolute atomic E-state index is 14.7. The maximum Gasteiger partial charge on any atom is 0.338 e. The lowest BCUT2D eigenvalue weighted by Crippen LogP contribution is -2.27. The summed E-state index contributed by atoms with van der Waals surface area (Å²) in [5.41, 5.74) is 1.65. The Labute approximate surface area is 269 Å². The molecule has 46 heavy (non-hydrogen) atoms. The molecule has 4 aromatic heterocycles. The Kier molecular flexibility index (Phi) is 7.97. The number of hydrogen-bond acceptors (Lipinski definition) is 8. The van der Waals surface area contributed by atoms with Crippen LogP contribution in [0.2, 0.25) is 5.02 Å². The van der Waals surface area contributed by atoms with E-state index in [1.54, 1.807) is 39.0 Å². The number of thiophene rings is 1. The zero-order chi connectivity index (χ0) is 32.9. The first-order valence-corrected chi connectivity index (χ1v) is 15.1. The number of rotatable bonds is 7. The van der Waals surface area contributed by atoms with Crippen LogP contribution in [-0.2, 0) is 6.54 Å². The van der Waals surface area contributed by atoms with E-state index >= 15 is 0 Å². The van der Waals surface area contributed by atoms with Gasteiger partial charge >= 0.3 is 5.97 Å². The minimum atomic E-state index is -1.08. The number of pyridine rings is 2. The van der Waals surface area contributed by atoms with Gasteiger partial charge in [0.1, 0.15) is 41.4 Å². The number of halogens is 3. The van der Waals surface area contributed by atoms with Gasteiger partial charge in [-0.15, -0.1) is 11.3 Å². The summed E-state index contributed by atoms with van der Waals surface area (Å²) in [5.74, 6) is -1.83. The van der Waals surface area contributed by atoms with Crippen molar-refractivity contribution >= 4 is 50.0 Å². The Morgan fingerprint density at radius 1 is 1.04 bits per heavy atom. The molecule has 1 N–H and O–H groups in total. The number of fused-ring (bicyclic) bond motifs is 2. The first-order valence-electron chi connectivity index (χ1n) is 13.8. The highest BCUT2D eigenvalue weighted by atomic mass is 35.5. The van der Waals surface area contributed by atoms with Gasteiger partial charge in [0.05, 0.1) is 44.7 Å². The molecule has 0 aliphatic rings. The Morgan fingerprint density at radius 2 is 1.83 bits per heavy atom. The van der Waals surface area contributed by atoms with Gasteiger partial charge in [0.25, 0.3) is 5.56 Å². The van der Waals surface area contributed by atoms with Gasteiger partial charge in [-0.2, -0.15) is 5.26 Å². The summed E-state index contributed by atoms with van der Waals surface area (Å²) in [4.78, 5) is 39.0. The molecule has 0 saturated carbocycles. The van der Waals surface area contributed by atoms with Crippen LogP contribution >= 0.6 is 22.9 Å². The number of hydrogen-bond donors (Lipinski definition) is 1. The second kappa shape index (κ2) is 11.9. The molecule has 0 spiro atoms. The van der Waals surface area contributed by atoms with Crippen molar-refractivity contribution < 1.29 is 23.4 Å². The summed E-state index contributed by atoms with van der Waals surface area (Å²) in [5, 5.41) is 21.6. The highest BCUT2D eigenvalue weighted by Crippen LogP contribution is 2.40. The maximum atomic E-state index is 14.7. The van der Waals surface area contributed by atoms with Crippen molar-refractivity contribution in [1.29, 1.82) is 5.26 Å². The number of ether oxygens (including phenoxy) is 1. The molecule has 0 aliphatic heterocycles. The van der Waals surface area contributed by atoms with Gasteiger partial charge in [-0.3, -0.25) is 14.3 Å². The number of aromatic nitrogens is 4. The minimum absolute atomic E-state index is 0.00206. The number of aromatic carboxylic acids is 1. The molecule has 6 aromatic rings. The van der Waals surface area contributed by atoms with E-state index in [1.165, 1.54) is 21.3 Å². The van der Waals surface area contributed by atoms with E-state index in [0.29, 0.717) is 43.6 Å². The van der Waals surface area contributed by atoms with Gasteiger partial charge < -0.3 is 9.84 Å². The van der Waals surface area contributed by atoms with Crippen LogP contribution in [-0.4, -0.2) is 37.2 Å². The van der Waals surface area contributed by atoms with Gasteiger partial charge in [0.15, 0.2) is 0 Å². The second-order valence-corrected chi connectivity index (χ2v) is 11.7. The van der Waals surface area contributed by atoms with Crippen molar-refractivity contribution in [2.24, 2.45) is 0 Å².